The lowest BCUT2D eigenvalue weighted by Gasteiger charge is -2.22. The molecule has 0 aliphatic carbocycles. The number of esters is 1. The first-order valence-corrected chi connectivity index (χ1v) is 24.3. The third kappa shape index (κ3) is 39.1. The molecule has 0 aliphatic heterocycles. The number of ether oxygens (including phenoxy) is 2. The number of hydrogen-bond donors (Lipinski definition) is 0. The van der Waals surface area contributed by atoms with Crippen molar-refractivity contribution in [2.75, 3.05) is 40.3 Å². The summed E-state index contributed by atoms with van der Waals surface area (Å²) >= 11 is 0. The van der Waals surface area contributed by atoms with Gasteiger partial charge < -0.3 is 19.3 Å². The van der Waals surface area contributed by atoms with Crippen LogP contribution in [0.15, 0.2) is 12.3 Å². The molecule has 0 fully saturated rings. The molecule has 0 spiro atoms. The van der Waals surface area contributed by atoms with Gasteiger partial charge in [-0.15, -0.1) is 0 Å². The van der Waals surface area contributed by atoms with Gasteiger partial charge in [0.25, 0.3) is 0 Å². The molecule has 0 aromatic heterocycles. The fraction of sp³-hybridized carbons (Fsp3) is 0.918. The van der Waals surface area contributed by atoms with Crippen LogP contribution >= 0.6 is 0 Å². The van der Waals surface area contributed by atoms with Crippen LogP contribution in [0.5, 0.6) is 0 Å². The van der Waals surface area contributed by atoms with E-state index in [1.807, 2.05) is 14.1 Å². The summed E-state index contributed by atoms with van der Waals surface area (Å²) in [5.74, 6) is 1.22. The Morgan fingerprint density at radius 1 is 0.473 bits per heavy atom. The largest absolute Gasteiger partial charge is 0.499 e. The van der Waals surface area contributed by atoms with E-state index in [2.05, 4.69) is 32.3 Å². The molecule has 1 amide bonds. The first-order chi connectivity index (χ1) is 26.8. The maximum Gasteiger partial charge on any atom is 0.306 e. The van der Waals surface area contributed by atoms with Crippen LogP contribution < -0.4 is 0 Å². The van der Waals surface area contributed by atoms with Crippen molar-refractivity contribution in [2.24, 2.45) is 0 Å². The van der Waals surface area contributed by atoms with Crippen LogP contribution in [0.3, 0.4) is 0 Å². The SMILES string of the molecule is C=C(CCCCCCCN(CCCCCCCC(=O)OC(CCCCCCCC)CCCCCCCC)CCCC(=O)N(C)C)OCCCCCCCCC. The van der Waals surface area contributed by atoms with Crippen molar-refractivity contribution in [3.05, 3.63) is 12.3 Å². The molecule has 6 nitrogen and oxygen atoms in total. The molecule has 6 heteroatoms. The topological polar surface area (TPSA) is 59.1 Å². The number of unbranched alkanes of at least 4 members (excludes halogenated alkanes) is 24. The number of carbonyl (C=O) groups excluding carboxylic acids is 2. The summed E-state index contributed by atoms with van der Waals surface area (Å²) in [4.78, 5) is 29.3. The minimum Gasteiger partial charge on any atom is -0.499 e. The summed E-state index contributed by atoms with van der Waals surface area (Å²) in [6.07, 6.45) is 41.7. The number of hydrogen-bond acceptors (Lipinski definition) is 5. The Bertz CT molecular complexity index is 831. The third-order valence-corrected chi connectivity index (χ3v) is 11.3. The number of rotatable bonds is 44. The maximum absolute atomic E-state index is 12.8. The quantitative estimate of drug-likeness (QED) is 0.0350. The number of nitrogens with zero attached hydrogens (tertiary/aromatic N) is 2. The summed E-state index contributed by atoms with van der Waals surface area (Å²) in [5.41, 5.74) is 0. The highest BCUT2D eigenvalue weighted by Gasteiger charge is 2.14. The highest BCUT2D eigenvalue weighted by atomic mass is 16.5. The molecule has 0 N–H and O–H groups in total. The van der Waals surface area contributed by atoms with E-state index < -0.39 is 0 Å². The van der Waals surface area contributed by atoms with Crippen molar-refractivity contribution in [1.82, 2.24) is 9.80 Å². The summed E-state index contributed by atoms with van der Waals surface area (Å²) in [7, 11) is 3.70. The van der Waals surface area contributed by atoms with Gasteiger partial charge >= 0.3 is 5.97 Å². The highest BCUT2D eigenvalue weighted by Crippen LogP contribution is 2.19. The summed E-state index contributed by atoms with van der Waals surface area (Å²) < 4.78 is 12.0. The van der Waals surface area contributed by atoms with Gasteiger partial charge in [-0.2, -0.15) is 0 Å². The van der Waals surface area contributed by atoms with E-state index in [4.69, 9.17) is 9.47 Å². The minimum atomic E-state index is 0.0254. The standard InChI is InChI=1S/C49H96N2O4/c1-7-10-13-16-19-28-35-45-54-46(4)37-29-22-20-26-33-42-51(44-36-40-48(52)50(5)6)43-34-27-21-25-32-41-49(53)55-47(38-30-23-17-14-11-8-2)39-31-24-18-15-12-9-3/h47H,4,7-45H2,1-3,5-6H3. The van der Waals surface area contributed by atoms with Crippen LogP contribution in [-0.2, 0) is 19.1 Å². The monoisotopic (exact) mass is 777 g/mol. The van der Waals surface area contributed by atoms with Crippen LogP contribution in [0.25, 0.3) is 0 Å². The van der Waals surface area contributed by atoms with E-state index in [1.54, 1.807) is 4.90 Å². The zero-order chi connectivity index (χ0) is 40.5. The molecule has 0 bridgehead atoms. The second-order valence-electron chi connectivity index (χ2n) is 17.0. The molecule has 0 radical (unpaired) electrons. The fourth-order valence-corrected chi connectivity index (χ4v) is 7.50. The average Bonchev–Trinajstić information content (AvgIpc) is 3.17. The molecule has 0 atom stereocenters. The van der Waals surface area contributed by atoms with Crippen LogP contribution in [0.4, 0.5) is 0 Å². The van der Waals surface area contributed by atoms with Crippen molar-refractivity contribution in [2.45, 2.75) is 252 Å². The lowest BCUT2D eigenvalue weighted by molar-refractivity contribution is -0.150. The van der Waals surface area contributed by atoms with E-state index in [0.29, 0.717) is 12.8 Å². The van der Waals surface area contributed by atoms with Crippen molar-refractivity contribution in [3.8, 4) is 0 Å². The van der Waals surface area contributed by atoms with E-state index in [9.17, 15) is 9.59 Å². The van der Waals surface area contributed by atoms with Crippen molar-refractivity contribution in [3.63, 3.8) is 0 Å². The third-order valence-electron chi connectivity index (χ3n) is 11.3. The Hall–Kier alpha value is -1.56. The molecule has 0 heterocycles. The fourth-order valence-electron chi connectivity index (χ4n) is 7.50. The Morgan fingerprint density at radius 2 is 0.873 bits per heavy atom. The van der Waals surface area contributed by atoms with Gasteiger partial charge in [-0.3, -0.25) is 9.59 Å². The lowest BCUT2D eigenvalue weighted by atomic mass is 10.0. The number of allylic oxidation sites excluding steroid dienone is 1. The Labute approximate surface area is 344 Å². The van der Waals surface area contributed by atoms with E-state index in [0.717, 1.165) is 76.9 Å². The summed E-state index contributed by atoms with van der Waals surface area (Å²) in [6, 6.07) is 0. The molecule has 326 valence electrons. The molecular weight excluding hydrogens is 681 g/mol. The van der Waals surface area contributed by atoms with Gasteiger partial charge in [0.1, 0.15) is 6.10 Å². The summed E-state index contributed by atoms with van der Waals surface area (Å²) in [5, 5.41) is 0. The predicted molar refractivity (Wildman–Crippen MR) is 239 cm³/mol. The van der Waals surface area contributed by atoms with Crippen molar-refractivity contribution < 1.29 is 19.1 Å². The normalized spacial score (nSPS) is 11.5. The van der Waals surface area contributed by atoms with Gasteiger partial charge in [-0.25, -0.2) is 0 Å². The average molecular weight is 777 g/mol. The Morgan fingerprint density at radius 3 is 1.36 bits per heavy atom. The van der Waals surface area contributed by atoms with Gasteiger partial charge in [0.2, 0.25) is 5.91 Å². The highest BCUT2D eigenvalue weighted by molar-refractivity contribution is 5.75. The smallest absolute Gasteiger partial charge is 0.306 e. The van der Waals surface area contributed by atoms with Gasteiger partial charge in [-0.1, -0.05) is 169 Å². The second kappa shape index (κ2) is 42.1. The number of amides is 1. The van der Waals surface area contributed by atoms with E-state index >= 15 is 0 Å². The zero-order valence-electron chi connectivity index (χ0n) is 37.9. The maximum atomic E-state index is 12.8. The van der Waals surface area contributed by atoms with Gasteiger partial charge in [0, 0.05) is 33.4 Å². The molecule has 0 rings (SSSR count). The van der Waals surface area contributed by atoms with E-state index in [1.165, 1.54) is 167 Å². The molecule has 0 aromatic rings. The van der Waals surface area contributed by atoms with E-state index in [-0.39, 0.29) is 18.0 Å². The molecule has 0 saturated heterocycles. The zero-order valence-corrected chi connectivity index (χ0v) is 37.9. The van der Waals surface area contributed by atoms with Crippen LogP contribution in [0.2, 0.25) is 0 Å². The minimum absolute atomic E-state index is 0.0254. The molecule has 0 saturated carbocycles. The van der Waals surface area contributed by atoms with Crippen molar-refractivity contribution >= 4 is 11.9 Å². The molecule has 55 heavy (non-hydrogen) atoms. The van der Waals surface area contributed by atoms with Crippen LogP contribution in [0, 0.1) is 0 Å². The lowest BCUT2D eigenvalue weighted by Crippen LogP contribution is -2.29. The Kier molecular flexibility index (Phi) is 40.9. The second-order valence-corrected chi connectivity index (χ2v) is 17.0. The van der Waals surface area contributed by atoms with Crippen LogP contribution in [0.1, 0.15) is 245 Å². The number of carbonyl (C=O) groups is 2. The predicted octanol–water partition coefficient (Wildman–Crippen LogP) is 14.5. The Balaban J connectivity index is 4.31. The molecule has 0 aromatic carbocycles. The first kappa shape index (κ1) is 53.4. The van der Waals surface area contributed by atoms with Crippen molar-refractivity contribution in [1.29, 1.82) is 0 Å². The molecular formula is C49H96N2O4. The molecule has 0 aliphatic rings. The van der Waals surface area contributed by atoms with Gasteiger partial charge in [0.05, 0.1) is 12.4 Å². The first-order valence-electron chi connectivity index (χ1n) is 24.3. The van der Waals surface area contributed by atoms with Gasteiger partial charge in [-0.05, 0) is 83.8 Å². The van der Waals surface area contributed by atoms with Crippen LogP contribution in [-0.4, -0.2) is 68.1 Å². The summed E-state index contributed by atoms with van der Waals surface area (Å²) in [6.45, 7) is 15.0. The van der Waals surface area contributed by atoms with Gasteiger partial charge in [0.15, 0.2) is 0 Å². The molecule has 0 unspecified atom stereocenters.